The van der Waals surface area contributed by atoms with E-state index in [1.807, 2.05) is 31.2 Å². The van der Waals surface area contributed by atoms with Crippen LogP contribution in [0.25, 0.3) is 11.3 Å². The Morgan fingerprint density at radius 3 is 2.50 bits per heavy atom. The van der Waals surface area contributed by atoms with Crippen LogP contribution in [0.5, 0.6) is 0 Å². The number of carboxylic acid groups (broad SMARTS) is 1. The van der Waals surface area contributed by atoms with Gasteiger partial charge in [0.25, 0.3) is 5.91 Å². The molecule has 3 aromatic rings. The molecule has 1 N–H and O–H groups in total. The average Bonchev–Trinajstić information content (AvgIpc) is 2.83. The van der Waals surface area contributed by atoms with E-state index in [2.05, 4.69) is 9.88 Å². The van der Waals surface area contributed by atoms with Gasteiger partial charge in [0.2, 0.25) is 0 Å². The highest BCUT2D eigenvalue weighted by atomic mass is 19.1. The number of halogens is 1. The van der Waals surface area contributed by atoms with Gasteiger partial charge in [-0.3, -0.25) is 14.7 Å². The largest absolute Gasteiger partial charge is 0.465 e. The highest BCUT2D eigenvalue weighted by Crippen LogP contribution is 2.21. The highest BCUT2D eigenvalue weighted by Gasteiger charge is 2.27. The molecule has 2 amide bonds. The van der Waals surface area contributed by atoms with Gasteiger partial charge in [0.05, 0.1) is 11.3 Å². The van der Waals surface area contributed by atoms with E-state index in [9.17, 15) is 19.1 Å². The minimum atomic E-state index is -0.872. The molecule has 2 aromatic carbocycles. The Balaban J connectivity index is 1.38. The van der Waals surface area contributed by atoms with Crippen LogP contribution in [0, 0.1) is 5.82 Å². The molecule has 0 aliphatic carbocycles. The minimum Gasteiger partial charge on any atom is -0.465 e. The molecule has 0 saturated carbocycles. The van der Waals surface area contributed by atoms with Crippen LogP contribution in [0.3, 0.4) is 0 Å². The van der Waals surface area contributed by atoms with E-state index >= 15 is 0 Å². The summed E-state index contributed by atoms with van der Waals surface area (Å²) in [6.07, 6.45) is 0.633. The molecule has 1 atom stereocenters. The maximum Gasteiger partial charge on any atom is 0.407 e. The Morgan fingerprint density at radius 1 is 1.12 bits per heavy atom. The molecule has 7 nitrogen and oxygen atoms in total. The van der Waals surface area contributed by atoms with Gasteiger partial charge in [0, 0.05) is 56.7 Å². The Bertz CT molecular complexity index is 1170. The molecule has 176 valence electrons. The van der Waals surface area contributed by atoms with Gasteiger partial charge in [-0.1, -0.05) is 24.3 Å². The zero-order valence-electron chi connectivity index (χ0n) is 19.2. The number of carbonyl (C=O) groups excluding carboxylic acids is 1. The van der Waals surface area contributed by atoms with Crippen molar-refractivity contribution in [3.63, 3.8) is 0 Å². The second kappa shape index (κ2) is 10.0. The number of hydrogen-bond acceptors (Lipinski definition) is 4. The van der Waals surface area contributed by atoms with Gasteiger partial charge in [-0.25, -0.2) is 9.18 Å². The lowest BCUT2D eigenvalue weighted by atomic mass is 10.1. The number of benzene rings is 2. The van der Waals surface area contributed by atoms with E-state index in [0.29, 0.717) is 36.5 Å². The lowest BCUT2D eigenvalue weighted by molar-refractivity contribution is 0.0711. The number of pyridine rings is 1. The van der Waals surface area contributed by atoms with Crippen LogP contribution in [0.1, 0.15) is 22.8 Å². The van der Waals surface area contributed by atoms with Gasteiger partial charge >= 0.3 is 6.09 Å². The summed E-state index contributed by atoms with van der Waals surface area (Å²) in [5.41, 5.74) is 3.55. The van der Waals surface area contributed by atoms with Crippen molar-refractivity contribution in [1.29, 1.82) is 0 Å². The molecule has 0 unspecified atom stereocenters. The van der Waals surface area contributed by atoms with Crippen LogP contribution < -0.4 is 4.90 Å². The van der Waals surface area contributed by atoms with E-state index in [1.165, 1.54) is 23.2 Å². The first-order chi connectivity index (χ1) is 16.3. The Morgan fingerprint density at radius 2 is 1.88 bits per heavy atom. The van der Waals surface area contributed by atoms with Gasteiger partial charge in [0.1, 0.15) is 5.82 Å². The van der Waals surface area contributed by atoms with Crippen molar-refractivity contribution >= 4 is 17.7 Å². The molecular weight excluding hydrogens is 435 g/mol. The number of aromatic nitrogens is 1. The van der Waals surface area contributed by atoms with Gasteiger partial charge < -0.3 is 14.9 Å². The second-order valence-corrected chi connectivity index (χ2v) is 8.53. The van der Waals surface area contributed by atoms with E-state index in [4.69, 9.17) is 0 Å². The average molecular weight is 463 g/mol. The number of piperazine rings is 1. The van der Waals surface area contributed by atoms with Gasteiger partial charge in [-0.05, 0) is 48.9 Å². The summed E-state index contributed by atoms with van der Waals surface area (Å²) in [5, 5.41) is 9.23. The quantitative estimate of drug-likeness (QED) is 0.610. The maximum atomic E-state index is 13.5. The van der Waals surface area contributed by atoms with E-state index in [0.717, 1.165) is 17.8 Å². The summed E-state index contributed by atoms with van der Waals surface area (Å²) in [6.45, 7) is 4.52. The molecule has 34 heavy (non-hydrogen) atoms. The number of amides is 2. The standard InChI is InChI=1S/C26H27FN4O3/c1-18-16-30(12-13-31(18)26(33)34)17-19-6-9-23(10-7-19)29(2)25(32)21-8-11-24(28-15-21)20-4-3-5-22(27)14-20/h3-11,14-15,18H,12-13,16-17H2,1-2H3,(H,33,34)/t18-/m0/s1. The zero-order valence-corrected chi connectivity index (χ0v) is 19.2. The van der Waals surface area contributed by atoms with Crippen molar-refractivity contribution in [3.8, 4) is 11.3 Å². The highest BCUT2D eigenvalue weighted by molar-refractivity contribution is 6.05. The van der Waals surface area contributed by atoms with Crippen LogP contribution in [-0.4, -0.2) is 64.6 Å². The molecular formula is C26H27FN4O3. The summed E-state index contributed by atoms with van der Waals surface area (Å²) < 4.78 is 13.5. The summed E-state index contributed by atoms with van der Waals surface area (Å²) in [6, 6.07) is 17.3. The Labute approximate surface area is 198 Å². The van der Waals surface area contributed by atoms with Crippen LogP contribution in [-0.2, 0) is 6.54 Å². The summed E-state index contributed by atoms with van der Waals surface area (Å²) >= 11 is 0. The summed E-state index contributed by atoms with van der Waals surface area (Å²) in [4.78, 5) is 33.8. The lowest BCUT2D eigenvalue weighted by Gasteiger charge is -2.38. The number of rotatable bonds is 5. The molecule has 4 rings (SSSR count). The third-order valence-electron chi connectivity index (χ3n) is 6.12. The molecule has 2 heterocycles. The fourth-order valence-electron chi connectivity index (χ4n) is 4.19. The van der Waals surface area contributed by atoms with Gasteiger partial charge in [0.15, 0.2) is 0 Å². The zero-order chi connectivity index (χ0) is 24.2. The van der Waals surface area contributed by atoms with Crippen molar-refractivity contribution in [3.05, 3.63) is 83.8 Å². The minimum absolute atomic E-state index is 0.0461. The van der Waals surface area contributed by atoms with Crippen LogP contribution in [0.2, 0.25) is 0 Å². The fraction of sp³-hybridized carbons (Fsp3) is 0.269. The molecule has 0 bridgehead atoms. The number of carbonyl (C=O) groups is 2. The maximum absolute atomic E-state index is 13.5. The topological polar surface area (TPSA) is 77.0 Å². The predicted octanol–water partition coefficient (Wildman–Crippen LogP) is 4.35. The normalized spacial score (nSPS) is 16.3. The third kappa shape index (κ3) is 5.23. The van der Waals surface area contributed by atoms with Gasteiger partial charge in [-0.15, -0.1) is 0 Å². The number of anilines is 1. The first-order valence-electron chi connectivity index (χ1n) is 11.1. The Hall–Kier alpha value is -3.78. The fourth-order valence-corrected chi connectivity index (χ4v) is 4.19. The number of nitrogens with zero attached hydrogens (tertiary/aromatic N) is 4. The Kier molecular flexibility index (Phi) is 6.88. The summed E-state index contributed by atoms with van der Waals surface area (Å²) in [5.74, 6) is -0.524. The molecule has 1 aliphatic heterocycles. The van der Waals surface area contributed by atoms with Crippen molar-refractivity contribution in [2.24, 2.45) is 0 Å². The molecule has 1 aromatic heterocycles. The van der Waals surface area contributed by atoms with Crippen LogP contribution in [0.4, 0.5) is 14.9 Å². The van der Waals surface area contributed by atoms with Crippen molar-refractivity contribution in [2.45, 2.75) is 19.5 Å². The molecule has 1 fully saturated rings. The molecule has 0 radical (unpaired) electrons. The van der Waals surface area contributed by atoms with Crippen molar-refractivity contribution in [2.75, 3.05) is 31.6 Å². The molecule has 1 saturated heterocycles. The second-order valence-electron chi connectivity index (χ2n) is 8.53. The molecule has 1 aliphatic rings. The first kappa shape index (κ1) is 23.4. The van der Waals surface area contributed by atoms with E-state index in [1.54, 1.807) is 36.2 Å². The van der Waals surface area contributed by atoms with Crippen molar-refractivity contribution in [1.82, 2.24) is 14.8 Å². The predicted molar refractivity (Wildman–Crippen MR) is 128 cm³/mol. The van der Waals surface area contributed by atoms with E-state index in [-0.39, 0.29) is 17.8 Å². The SMILES string of the molecule is C[C@H]1CN(Cc2ccc(N(C)C(=O)c3ccc(-c4cccc(F)c4)nc3)cc2)CCN1C(=O)O. The smallest absolute Gasteiger partial charge is 0.407 e. The van der Waals surface area contributed by atoms with Crippen LogP contribution in [0.15, 0.2) is 66.9 Å². The number of hydrogen-bond donors (Lipinski definition) is 1. The van der Waals surface area contributed by atoms with E-state index < -0.39 is 6.09 Å². The lowest BCUT2D eigenvalue weighted by Crippen LogP contribution is -2.53. The van der Waals surface area contributed by atoms with Gasteiger partial charge in [-0.2, -0.15) is 0 Å². The van der Waals surface area contributed by atoms with Crippen molar-refractivity contribution < 1.29 is 19.1 Å². The molecule has 8 heteroatoms. The van der Waals surface area contributed by atoms with Crippen LogP contribution >= 0.6 is 0 Å². The first-order valence-corrected chi connectivity index (χ1v) is 11.1. The molecule has 0 spiro atoms. The third-order valence-corrected chi connectivity index (χ3v) is 6.12. The summed E-state index contributed by atoms with van der Waals surface area (Å²) in [7, 11) is 1.71. The monoisotopic (exact) mass is 462 g/mol.